The number of guanidine groups is 1. The highest BCUT2D eigenvalue weighted by Crippen LogP contribution is 2.28. The molecule has 1 aromatic rings. The molecule has 0 amide bonds. The Morgan fingerprint density at radius 3 is 3.00 bits per heavy atom. The lowest BCUT2D eigenvalue weighted by Crippen LogP contribution is -2.45. The van der Waals surface area contributed by atoms with Crippen LogP contribution in [0.5, 0.6) is 0 Å². The molecule has 5 nitrogen and oxygen atoms in total. The molecular weight excluding hydrogens is 204 g/mol. The molecule has 5 heteroatoms. The maximum Gasteiger partial charge on any atom is 0.209 e. The molecule has 1 fully saturated rings. The van der Waals surface area contributed by atoms with Gasteiger partial charge in [0.25, 0.3) is 0 Å². The van der Waals surface area contributed by atoms with Crippen LogP contribution >= 0.6 is 0 Å². The minimum atomic E-state index is 0.548. The molecule has 16 heavy (non-hydrogen) atoms. The van der Waals surface area contributed by atoms with Crippen molar-refractivity contribution in [2.24, 2.45) is 10.8 Å². The van der Waals surface area contributed by atoms with Gasteiger partial charge in [-0.15, -0.1) is 0 Å². The van der Waals surface area contributed by atoms with E-state index in [0.29, 0.717) is 6.04 Å². The third-order valence-corrected chi connectivity index (χ3v) is 2.60. The quantitative estimate of drug-likeness (QED) is 0.346. The third-order valence-electron chi connectivity index (χ3n) is 2.60. The standard InChI is InChI=1S/C11H18N4O/c1-2-13-11(14-12)15(9-5-6-9)8-10-4-3-7-16-10/h3-4,7,9H,2,5-6,8,12H2,1H3,(H,13,14). The van der Waals surface area contributed by atoms with Crippen LogP contribution < -0.4 is 11.3 Å². The first kappa shape index (κ1) is 11.0. The van der Waals surface area contributed by atoms with Gasteiger partial charge < -0.3 is 9.32 Å². The Labute approximate surface area is 95.3 Å². The zero-order chi connectivity index (χ0) is 11.4. The molecule has 1 aromatic heterocycles. The summed E-state index contributed by atoms with van der Waals surface area (Å²) in [7, 11) is 0. The van der Waals surface area contributed by atoms with Gasteiger partial charge in [-0.05, 0) is 31.9 Å². The molecule has 1 aliphatic rings. The Bertz CT molecular complexity index is 343. The zero-order valence-corrected chi connectivity index (χ0v) is 9.52. The Balaban J connectivity index is 2.07. The molecule has 3 N–H and O–H groups in total. The summed E-state index contributed by atoms with van der Waals surface area (Å²) < 4.78 is 5.35. The maximum absolute atomic E-state index is 5.50. The van der Waals surface area contributed by atoms with E-state index in [9.17, 15) is 0 Å². The third kappa shape index (κ3) is 2.55. The van der Waals surface area contributed by atoms with E-state index in [4.69, 9.17) is 10.3 Å². The van der Waals surface area contributed by atoms with Gasteiger partial charge >= 0.3 is 0 Å². The van der Waals surface area contributed by atoms with Crippen LogP contribution in [0.2, 0.25) is 0 Å². The highest BCUT2D eigenvalue weighted by Gasteiger charge is 2.31. The van der Waals surface area contributed by atoms with Crippen molar-refractivity contribution in [1.29, 1.82) is 0 Å². The Morgan fingerprint density at radius 1 is 1.69 bits per heavy atom. The first-order chi connectivity index (χ1) is 7.85. The Kier molecular flexibility index (Phi) is 3.46. The van der Waals surface area contributed by atoms with E-state index >= 15 is 0 Å². The van der Waals surface area contributed by atoms with Gasteiger partial charge in [-0.2, -0.15) is 0 Å². The van der Waals surface area contributed by atoms with Crippen LogP contribution in [0.25, 0.3) is 0 Å². The van der Waals surface area contributed by atoms with Gasteiger partial charge in [0.15, 0.2) is 0 Å². The van der Waals surface area contributed by atoms with Crippen LogP contribution in [0.4, 0.5) is 0 Å². The van der Waals surface area contributed by atoms with Crippen LogP contribution in [0.15, 0.2) is 27.8 Å². The van der Waals surface area contributed by atoms with Crippen LogP contribution in [0.3, 0.4) is 0 Å². The summed E-state index contributed by atoms with van der Waals surface area (Å²) >= 11 is 0. The molecule has 88 valence electrons. The van der Waals surface area contributed by atoms with Crippen LogP contribution in [-0.2, 0) is 6.54 Å². The molecule has 1 heterocycles. The number of hydrazine groups is 1. The first-order valence-electron chi connectivity index (χ1n) is 5.65. The Hall–Kier alpha value is -1.49. The fraction of sp³-hybridized carbons (Fsp3) is 0.545. The minimum Gasteiger partial charge on any atom is -0.467 e. The SMILES string of the molecule is CCN=C(NN)N(Cc1ccco1)C1CC1. The van der Waals surface area contributed by atoms with Gasteiger partial charge in [0.2, 0.25) is 5.96 Å². The number of rotatable bonds is 4. The van der Waals surface area contributed by atoms with Gasteiger partial charge in [0.1, 0.15) is 5.76 Å². The van der Waals surface area contributed by atoms with Gasteiger partial charge in [0.05, 0.1) is 12.8 Å². The van der Waals surface area contributed by atoms with Crippen molar-refractivity contribution in [3.8, 4) is 0 Å². The van der Waals surface area contributed by atoms with Gasteiger partial charge in [0, 0.05) is 12.6 Å². The van der Waals surface area contributed by atoms with Gasteiger partial charge in [-0.25, -0.2) is 5.84 Å². The van der Waals surface area contributed by atoms with Crippen LogP contribution in [0, 0.1) is 0 Å². The summed E-state index contributed by atoms with van der Waals surface area (Å²) in [6.07, 6.45) is 4.09. The number of nitrogens with one attached hydrogen (secondary N) is 1. The molecule has 1 saturated carbocycles. The molecule has 0 radical (unpaired) electrons. The molecule has 0 unspecified atom stereocenters. The van der Waals surface area contributed by atoms with E-state index in [2.05, 4.69) is 15.3 Å². The topological polar surface area (TPSA) is 66.8 Å². The summed E-state index contributed by atoms with van der Waals surface area (Å²) in [4.78, 5) is 6.52. The average molecular weight is 222 g/mol. The number of hydrogen-bond acceptors (Lipinski definition) is 3. The summed E-state index contributed by atoms with van der Waals surface area (Å²) in [5.41, 5.74) is 2.67. The molecule has 0 aliphatic heterocycles. The summed E-state index contributed by atoms with van der Waals surface area (Å²) in [5.74, 6) is 7.19. The lowest BCUT2D eigenvalue weighted by molar-refractivity contribution is 0.342. The van der Waals surface area contributed by atoms with Crippen molar-refractivity contribution in [2.45, 2.75) is 32.4 Å². The fourth-order valence-electron chi connectivity index (χ4n) is 1.70. The van der Waals surface area contributed by atoms with E-state index in [0.717, 1.165) is 24.8 Å². The van der Waals surface area contributed by atoms with Gasteiger partial charge in [-0.3, -0.25) is 10.4 Å². The fourth-order valence-corrected chi connectivity index (χ4v) is 1.70. The van der Waals surface area contributed by atoms with Crippen molar-refractivity contribution < 1.29 is 4.42 Å². The largest absolute Gasteiger partial charge is 0.467 e. The lowest BCUT2D eigenvalue weighted by Gasteiger charge is -2.24. The predicted octanol–water partition coefficient (Wildman–Crippen LogP) is 1.08. The van der Waals surface area contributed by atoms with Crippen molar-refractivity contribution in [3.05, 3.63) is 24.2 Å². The normalized spacial score (nSPS) is 16.2. The number of nitrogens with two attached hydrogens (primary N) is 1. The molecule has 0 aromatic carbocycles. The molecule has 0 spiro atoms. The molecule has 0 saturated heterocycles. The van der Waals surface area contributed by atoms with Crippen molar-refractivity contribution in [3.63, 3.8) is 0 Å². The van der Waals surface area contributed by atoms with E-state index in [1.807, 2.05) is 19.1 Å². The zero-order valence-electron chi connectivity index (χ0n) is 9.52. The van der Waals surface area contributed by atoms with Gasteiger partial charge in [-0.1, -0.05) is 0 Å². The number of hydrogen-bond donors (Lipinski definition) is 2. The van der Waals surface area contributed by atoms with Crippen molar-refractivity contribution >= 4 is 5.96 Å². The van der Waals surface area contributed by atoms with E-state index in [-0.39, 0.29) is 0 Å². The molecule has 0 atom stereocenters. The number of nitrogens with zero attached hydrogens (tertiary/aromatic N) is 2. The molecule has 1 aliphatic carbocycles. The second-order valence-corrected chi connectivity index (χ2v) is 3.88. The second-order valence-electron chi connectivity index (χ2n) is 3.88. The van der Waals surface area contributed by atoms with Crippen molar-refractivity contribution in [2.75, 3.05) is 6.54 Å². The monoisotopic (exact) mass is 222 g/mol. The number of furan rings is 1. The van der Waals surface area contributed by atoms with Crippen molar-refractivity contribution in [1.82, 2.24) is 10.3 Å². The van der Waals surface area contributed by atoms with Crippen LogP contribution in [-0.4, -0.2) is 23.4 Å². The summed E-state index contributed by atoms with van der Waals surface area (Å²) in [6.45, 7) is 3.44. The van der Waals surface area contributed by atoms with Crippen LogP contribution in [0.1, 0.15) is 25.5 Å². The smallest absolute Gasteiger partial charge is 0.209 e. The average Bonchev–Trinajstić information content (AvgIpc) is 3.01. The molecule has 2 rings (SSSR count). The Morgan fingerprint density at radius 2 is 2.50 bits per heavy atom. The highest BCUT2D eigenvalue weighted by molar-refractivity contribution is 5.80. The molecule has 0 bridgehead atoms. The second kappa shape index (κ2) is 5.03. The minimum absolute atomic E-state index is 0.548. The number of aliphatic imine (C=N–C) groups is 1. The summed E-state index contributed by atoms with van der Waals surface area (Å²) in [6, 6.07) is 4.41. The maximum atomic E-state index is 5.50. The van der Waals surface area contributed by atoms with E-state index in [1.54, 1.807) is 6.26 Å². The lowest BCUT2D eigenvalue weighted by atomic mass is 10.4. The predicted molar refractivity (Wildman–Crippen MR) is 62.6 cm³/mol. The first-order valence-corrected chi connectivity index (χ1v) is 5.65. The van der Waals surface area contributed by atoms with E-state index in [1.165, 1.54) is 12.8 Å². The van der Waals surface area contributed by atoms with E-state index < -0.39 is 0 Å². The summed E-state index contributed by atoms with van der Waals surface area (Å²) in [5, 5.41) is 0. The highest BCUT2D eigenvalue weighted by atomic mass is 16.3. The molecular formula is C11H18N4O.